The lowest BCUT2D eigenvalue weighted by molar-refractivity contribution is -0.113. The number of hydrogen-bond acceptors (Lipinski definition) is 4. The summed E-state index contributed by atoms with van der Waals surface area (Å²) in [6, 6.07) is 23.1. The van der Waals surface area contributed by atoms with Crippen molar-refractivity contribution in [3.63, 3.8) is 0 Å². The summed E-state index contributed by atoms with van der Waals surface area (Å²) in [5.74, 6) is 0.0259. The molecule has 172 valence electrons. The molecule has 0 saturated carbocycles. The van der Waals surface area contributed by atoms with Crippen LogP contribution in [-0.2, 0) is 11.3 Å². The van der Waals surface area contributed by atoms with Gasteiger partial charge in [-0.15, -0.1) is 0 Å². The van der Waals surface area contributed by atoms with Gasteiger partial charge in [0.05, 0.1) is 5.75 Å². The highest BCUT2D eigenvalue weighted by atomic mass is 32.2. The number of carbonyl (C=O) groups excluding carboxylic acids is 2. The summed E-state index contributed by atoms with van der Waals surface area (Å²) in [5, 5.41) is 6.59. The van der Waals surface area contributed by atoms with Crippen molar-refractivity contribution in [2.75, 3.05) is 11.1 Å². The smallest absolute Gasteiger partial charge is 0.251 e. The van der Waals surface area contributed by atoms with E-state index < -0.39 is 0 Å². The van der Waals surface area contributed by atoms with Gasteiger partial charge in [-0.1, -0.05) is 48.2 Å². The van der Waals surface area contributed by atoms with Crippen molar-refractivity contribution in [2.45, 2.75) is 25.5 Å². The van der Waals surface area contributed by atoms with Crippen molar-refractivity contribution in [3.8, 4) is 5.69 Å². The van der Waals surface area contributed by atoms with Crippen LogP contribution in [0.2, 0.25) is 0 Å². The van der Waals surface area contributed by atoms with E-state index in [-0.39, 0.29) is 17.6 Å². The number of anilines is 1. The molecule has 3 aromatic carbocycles. The molecule has 0 spiro atoms. The Balaban J connectivity index is 1.35. The van der Waals surface area contributed by atoms with Gasteiger partial charge in [0, 0.05) is 35.9 Å². The van der Waals surface area contributed by atoms with E-state index >= 15 is 0 Å². The highest BCUT2D eigenvalue weighted by Gasteiger charge is 2.11. The summed E-state index contributed by atoms with van der Waals surface area (Å²) in [5.41, 5.74) is 5.52. The average Bonchev–Trinajstić information content (AvgIpc) is 3.30. The monoisotopic (exact) mass is 470 g/mol. The minimum atomic E-state index is -0.126. The Labute approximate surface area is 203 Å². The standard InChI is InChI=1S/C27H26N4O2S/c1-19-14-20(2)16-23(15-19)30-25(32)18-34-27-28-12-13-31(27)24-10-8-22(9-11-24)26(33)29-17-21-6-4-3-5-7-21/h3-16H,17-18H2,1-2H3,(H,29,33)(H,30,32). The van der Waals surface area contributed by atoms with Crippen molar-refractivity contribution in [3.05, 3.63) is 107 Å². The molecule has 1 aromatic heterocycles. The summed E-state index contributed by atoms with van der Waals surface area (Å²) in [6.07, 6.45) is 3.54. The zero-order valence-corrected chi connectivity index (χ0v) is 19.9. The average molecular weight is 471 g/mol. The maximum absolute atomic E-state index is 12.5. The first kappa shape index (κ1) is 23.3. The molecule has 7 heteroatoms. The molecule has 34 heavy (non-hydrogen) atoms. The minimum Gasteiger partial charge on any atom is -0.348 e. The van der Waals surface area contributed by atoms with E-state index in [4.69, 9.17) is 0 Å². The van der Waals surface area contributed by atoms with E-state index in [1.165, 1.54) is 11.8 Å². The first-order valence-electron chi connectivity index (χ1n) is 10.9. The van der Waals surface area contributed by atoms with Gasteiger partial charge in [0.25, 0.3) is 5.91 Å². The second-order valence-electron chi connectivity index (χ2n) is 8.01. The van der Waals surface area contributed by atoms with Crippen LogP contribution in [0.25, 0.3) is 5.69 Å². The van der Waals surface area contributed by atoms with Gasteiger partial charge >= 0.3 is 0 Å². The highest BCUT2D eigenvalue weighted by molar-refractivity contribution is 7.99. The second-order valence-corrected chi connectivity index (χ2v) is 8.95. The first-order valence-corrected chi connectivity index (χ1v) is 11.9. The lowest BCUT2D eigenvalue weighted by atomic mass is 10.1. The van der Waals surface area contributed by atoms with Crippen LogP contribution < -0.4 is 10.6 Å². The number of carbonyl (C=O) groups is 2. The fourth-order valence-electron chi connectivity index (χ4n) is 3.62. The van der Waals surface area contributed by atoms with Gasteiger partial charge in [-0.25, -0.2) is 4.98 Å². The molecular formula is C27H26N4O2S. The molecule has 0 bridgehead atoms. The molecule has 0 radical (unpaired) electrons. The number of rotatable bonds is 8. The van der Waals surface area contributed by atoms with Gasteiger partial charge in [-0.2, -0.15) is 0 Å². The normalized spacial score (nSPS) is 10.6. The molecule has 4 aromatic rings. The molecule has 0 atom stereocenters. The molecular weight excluding hydrogens is 444 g/mol. The molecule has 0 unspecified atom stereocenters. The van der Waals surface area contributed by atoms with Crippen molar-refractivity contribution in [1.29, 1.82) is 0 Å². The van der Waals surface area contributed by atoms with Crippen LogP contribution in [0, 0.1) is 13.8 Å². The molecule has 4 rings (SSSR count). The predicted molar refractivity (Wildman–Crippen MR) is 136 cm³/mol. The molecule has 0 saturated heterocycles. The lowest BCUT2D eigenvalue weighted by Gasteiger charge is -2.10. The number of aromatic nitrogens is 2. The van der Waals surface area contributed by atoms with Crippen LogP contribution >= 0.6 is 11.8 Å². The van der Waals surface area contributed by atoms with Gasteiger partial charge < -0.3 is 10.6 Å². The summed E-state index contributed by atoms with van der Waals surface area (Å²) >= 11 is 1.36. The zero-order valence-electron chi connectivity index (χ0n) is 19.1. The van der Waals surface area contributed by atoms with Crippen LogP contribution in [0.4, 0.5) is 5.69 Å². The van der Waals surface area contributed by atoms with Crippen LogP contribution in [0.3, 0.4) is 0 Å². The Morgan fingerprint density at radius 2 is 1.65 bits per heavy atom. The third-order valence-corrected chi connectivity index (χ3v) is 6.11. The van der Waals surface area contributed by atoms with E-state index in [9.17, 15) is 9.59 Å². The molecule has 2 amide bonds. The van der Waals surface area contributed by atoms with Gasteiger partial charge in [-0.3, -0.25) is 14.2 Å². The van der Waals surface area contributed by atoms with Gasteiger partial charge in [-0.05, 0) is 66.9 Å². The first-order chi connectivity index (χ1) is 16.5. The lowest BCUT2D eigenvalue weighted by Crippen LogP contribution is -2.22. The number of amides is 2. The maximum Gasteiger partial charge on any atom is 0.251 e. The van der Waals surface area contributed by atoms with E-state index in [0.29, 0.717) is 17.3 Å². The second kappa shape index (κ2) is 10.9. The molecule has 6 nitrogen and oxygen atoms in total. The Morgan fingerprint density at radius 1 is 0.941 bits per heavy atom. The molecule has 2 N–H and O–H groups in total. The summed E-state index contributed by atoms with van der Waals surface area (Å²) in [4.78, 5) is 29.3. The molecule has 0 aliphatic heterocycles. The van der Waals surface area contributed by atoms with E-state index in [2.05, 4.69) is 21.7 Å². The van der Waals surface area contributed by atoms with Crippen molar-refractivity contribution in [1.82, 2.24) is 14.9 Å². The fraction of sp³-hybridized carbons (Fsp3) is 0.148. The third-order valence-electron chi connectivity index (χ3n) is 5.15. The number of nitrogens with one attached hydrogen (secondary N) is 2. The van der Waals surface area contributed by atoms with Crippen molar-refractivity contribution < 1.29 is 9.59 Å². The Morgan fingerprint density at radius 3 is 2.35 bits per heavy atom. The molecule has 0 fully saturated rings. The van der Waals surface area contributed by atoms with Crippen LogP contribution in [-0.4, -0.2) is 27.1 Å². The number of benzene rings is 3. The van der Waals surface area contributed by atoms with E-state index in [1.54, 1.807) is 18.3 Å². The largest absolute Gasteiger partial charge is 0.348 e. The number of thioether (sulfide) groups is 1. The molecule has 0 aliphatic rings. The number of imidazole rings is 1. The fourth-order valence-corrected chi connectivity index (χ4v) is 4.39. The Hall–Kier alpha value is -3.84. The Kier molecular flexibility index (Phi) is 7.44. The summed E-state index contributed by atoms with van der Waals surface area (Å²) in [7, 11) is 0. The van der Waals surface area contributed by atoms with Gasteiger partial charge in [0.2, 0.25) is 5.91 Å². The summed E-state index contributed by atoms with van der Waals surface area (Å²) < 4.78 is 1.90. The summed E-state index contributed by atoms with van der Waals surface area (Å²) in [6.45, 7) is 4.49. The number of aryl methyl sites for hydroxylation is 2. The number of nitrogens with zero attached hydrogens (tertiary/aromatic N) is 2. The van der Waals surface area contributed by atoms with Crippen LogP contribution in [0.15, 0.2) is 90.3 Å². The van der Waals surface area contributed by atoms with Crippen molar-refractivity contribution >= 4 is 29.3 Å². The van der Waals surface area contributed by atoms with Gasteiger partial charge in [0.1, 0.15) is 0 Å². The SMILES string of the molecule is Cc1cc(C)cc(NC(=O)CSc2nccn2-c2ccc(C(=O)NCc3ccccc3)cc2)c1. The van der Waals surface area contributed by atoms with E-state index in [1.807, 2.05) is 79.2 Å². The predicted octanol–water partition coefficient (Wildman–Crippen LogP) is 5.15. The third kappa shape index (κ3) is 6.14. The van der Waals surface area contributed by atoms with E-state index in [0.717, 1.165) is 28.1 Å². The molecule has 1 heterocycles. The van der Waals surface area contributed by atoms with Crippen LogP contribution in [0.1, 0.15) is 27.0 Å². The zero-order chi connectivity index (χ0) is 23.9. The topological polar surface area (TPSA) is 76.0 Å². The van der Waals surface area contributed by atoms with Gasteiger partial charge in [0.15, 0.2) is 5.16 Å². The Bertz CT molecular complexity index is 1260. The quantitative estimate of drug-likeness (QED) is 0.349. The highest BCUT2D eigenvalue weighted by Crippen LogP contribution is 2.22. The van der Waals surface area contributed by atoms with Crippen molar-refractivity contribution in [2.24, 2.45) is 0 Å². The number of hydrogen-bond donors (Lipinski definition) is 2. The minimum absolute atomic E-state index is 0.0880. The van der Waals surface area contributed by atoms with Crippen LogP contribution in [0.5, 0.6) is 0 Å². The molecule has 0 aliphatic carbocycles. The maximum atomic E-state index is 12.5.